The van der Waals surface area contributed by atoms with Crippen molar-refractivity contribution >= 4 is 33.5 Å². The van der Waals surface area contributed by atoms with Crippen LogP contribution in [0.2, 0.25) is 0 Å². The molecule has 1 aromatic rings. The summed E-state index contributed by atoms with van der Waals surface area (Å²) < 4.78 is 27.1. The Hall–Kier alpha value is -0.420. The van der Waals surface area contributed by atoms with E-state index < -0.39 is 16.4 Å². The zero-order chi connectivity index (χ0) is 13.3. The number of rotatable bonds is 3. The number of benzene rings is 1. The van der Waals surface area contributed by atoms with Crippen LogP contribution in [0.1, 0.15) is 25.3 Å². The van der Waals surface area contributed by atoms with Gasteiger partial charge in [0, 0.05) is 12.0 Å². The molecular formula is C13H13BrF2OS. The topological polar surface area (TPSA) is 17.1 Å². The molecule has 0 aliphatic carbocycles. The first kappa shape index (κ1) is 14.0. The molecule has 0 saturated carbocycles. The molecular weight excluding hydrogens is 322 g/mol. The average Bonchev–Trinajstić information content (AvgIpc) is 2.78. The second kappa shape index (κ2) is 5.29. The van der Waals surface area contributed by atoms with E-state index in [0.717, 1.165) is 18.6 Å². The summed E-state index contributed by atoms with van der Waals surface area (Å²) in [6, 6.07) is 2.49. The minimum absolute atomic E-state index is 0.0964. The van der Waals surface area contributed by atoms with Gasteiger partial charge < -0.3 is 0 Å². The summed E-state index contributed by atoms with van der Waals surface area (Å²) in [5, 5.41) is 0. The lowest BCUT2D eigenvalue weighted by Gasteiger charge is -2.21. The number of halogens is 3. The molecule has 1 aliphatic rings. The molecule has 0 bridgehead atoms. The lowest BCUT2D eigenvalue weighted by molar-refractivity contribution is -0.120. The second-order valence-corrected chi connectivity index (χ2v) is 7.06. The number of hydrogen-bond acceptors (Lipinski definition) is 2. The molecule has 1 atom stereocenters. The first-order valence-electron chi connectivity index (χ1n) is 5.74. The van der Waals surface area contributed by atoms with Crippen molar-refractivity contribution < 1.29 is 13.6 Å². The smallest absolute Gasteiger partial charge is 0.153 e. The van der Waals surface area contributed by atoms with Gasteiger partial charge in [-0.3, -0.25) is 4.79 Å². The van der Waals surface area contributed by atoms with Crippen molar-refractivity contribution in [3.05, 3.63) is 33.8 Å². The Bertz CT molecular complexity index is 484. The largest absolute Gasteiger partial charge is 0.298 e. The molecule has 0 spiro atoms. The maximum absolute atomic E-state index is 13.8. The van der Waals surface area contributed by atoms with E-state index in [4.69, 9.17) is 0 Å². The molecule has 0 aromatic heterocycles. The third kappa shape index (κ3) is 2.62. The van der Waals surface area contributed by atoms with Gasteiger partial charge in [0.25, 0.3) is 0 Å². The molecule has 1 aromatic carbocycles. The highest BCUT2D eigenvalue weighted by Gasteiger charge is 2.37. The van der Waals surface area contributed by atoms with Crippen LogP contribution >= 0.6 is 27.7 Å². The summed E-state index contributed by atoms with van der Waals surface area (Å²) in [4.78, 5) is 12.2. The number of ketones is 1. The summed E-state index contributed by atoms with van der Waals surface area (Å²) in [5.74, 6) is -0.488. The number of Topliss-reactive ketones (excluding diaryl/α,β-unsaturated/α-hetero) is 1. The van der Waals surface area contributed by atoms with Gasteiger partial charge in [-0.05, 0) is 53.6 Å². The predicted molar refractivity (Wildman–Crippen MR) is 72.9 cm³/mol. The zero-order valence-corrected chi connectivity index (χ0v) is 12.3. The van der Waals surface area contributed by atoms with E-state index >= 15 is 0 Å². The number of thioether (sulfide) groups is 1. The molecule has 1 nitrogen and oxygen atoms in total. The van der Waals surface area contributed by atoms with Crippen molar-refractivity contribution in [1.82, 2.24) is 0 Å². The van der Waals surface area contributed by atoms with Crippen molar-refractivity contribution in [1.29, 1.82) is 0 Å². The Labute approximate surface area is 117 Å². The Morgan fingerprint density at radius 1 is 1.50 bits per heavy atom. The van der Waals surface area contributed by atoms with E-state index in [-0.39, 0.29) is 22.2 Å². The molecule has 1 saturated heterocycles. The molecule has 98 valence electrons. The molecule has 1 aliphatic heterocycles. The lowest BCUT2D eigenvalue weighted by Crippen LogP contribution is -2.30. The fraction of sp³-hybridized carbons (Fsp3) is 0.462. The van der Waals surface area contributed by atoms with E-state index in [2.05, 4.69) is 15.9 Å². The highest BCUT2D eigenvalue weighted by molar-refractivity contribution is 9.10. The van der Waals surface area contributed by atoms with E-state index in [1.807, 2.05) is 6.92 Å². The minimum Gasteiger partial charge on any atom is -0.298 e. The maximum Gasteiger partial charge on any atom is 0.153 e. The fourth-order valence-corrected chi connectivity index (χ4v) is 3.71. The Kier molecular flexibility index (Phi) is 4.11. The summed E-state index contributed by atoms with van der Waals surface area (Å²) in [6.07, 6.45) is 1.59. The van der Waals surface area contributed by atoms with Gasteiger partial charge in [-0.2, -0.15) is 0 Å². The molecule has 1 heterocycles. The number of carbonyl (C=O) groups excluding carboxylic acids is 1. The molecule has 1 fully saturated rings. The second-order valence-electron chi connectivity index (χ2n) is 4.60. The predicted octanol–water partition coefficient (Wildman–Crippen LogP) is 4.12. The van der Waals surface area contributed by atoms with Crippen LogP contribution < -0.4 is 0 Å². The van der Waals surface area contributed by atoms with Crippen molar-refractivity contribution in [3.63, 3.8) is 0 Å². The molecule has 2 rings (SSSR count). The normalized spacial score (nSPS) is 23.3. The maximum atomic E-state index is 13.8. The SMILES string of the molecule is CC1(C(=O)Cc2c(F)ccc(Br)c2F)CCCS1. The van der Waals surface area contributed by atoms with E-state index in [1.165, 1.54) is 12.1 Å². The van der Waals surface area contributed by atoms with Crippen LogP contribution in [0.15, 0.2) is 16.6 Å². The average molecular weight is 335 g/mol. The van der Waals surface area contributed by atoms with Gasteiger partial charge in [-0.15, -0.1) is 11.8 Å². The third-order valence-corrected chi connectivity index (χ3v) is 5.46. The summed E-state index contributed by atoms with van der Waals surface area (Å²) >= 11 is 4.59. The van der Waals surface area contributed by atoms with Crippen molar-refractivity contribution in [2.75, 3.05) is 5.75 Å². The first-order valence-corrected chi connectivity index (χ1v) is 7.51. The molecule has 5 heteroatoms. The van der Waals surface area contributed by atoms with Crippen molar-refractivity contribution in [3.8, 4) is 0 Å². The lowest BCUT2D eigenvalue weighted by atomic mass is 9.94. The molecule has 0 amide bonds. The van der Waals surface area contributed by atoms with Gasteiger partial charge in [0.15, 0.2) is 5.78 Å². The van der Waals surface area contributed by atoms with Gasteiger partial charge in [-0.1, -0.05) is 0 Å². The fourth-order valence-electron chi connectivity index (χ4n) is 2.08. The molecule has 0 radical (unpaired) electrons. The highest BCUT2D eigenvalue weighted by atomic mass is 79.9. The van der Waals surface area contributed by atoms with Crippen LogP contribution in [0.5, 0.6) is 0 Å². The standard InChI is InChI=1S/C13H13BrF2OS/c1-13(5-2-6-18-13)11(17)7-8-10(15)4-3-9(14)12(8)16/h3-4H,2,5-7H2,1H3. The summed E-state index contributed by atoms with van der Waals surface area (Å²) in [6.45, 7) is 1.86. The van der Waals surface area contributed by atoms with Crippen molar-refractivity contribution in [2.45, 2.75) is 30.9 Å². The Morgan fingerprint density at radius 3 is 2.83 bits per heavy atom. The monoisotopic (exact) mass is 334 g/mol. The summed E-state index contributed by atoms with van der Waals surface area (Å²) in [5.41, 5.74) is -0.136. The van der Waals surface area contributed by atoms with E-state index in [1.54, 1.807) is 11.8 Å². The van der Waals surface area contributed by atoms with Crippen LogP contribution in [0.25, 0.3) is 0 Å². The third-order valence-electron chi connectivity index (χ3n) is 3.28. The highest BCUT2D eigenvalue weighted by Crippen LogP contribution is 2.39. The minimum atomic E-state index is -0.671. The molecule has 18 heavy (non-hydrogen) atoms. The van der Waals surface area contributed by atoms with Crippen LogP contribution in [0, 0.1) is 11.6 Å². The summed E-state index contributed by atoms with van der Waals surface area (Å²) in [7, 11) is 0. The number of hydrogen-bond donors (Lipinski definition) is 0. The Balaban J connectivity index is 2.24. The van der Waals surface area contributed by atoms with Crippen LogP contribution in [0.4, 0.5) is 8.78 Å². The molecule has 1 unspecified atom stereocenters. The van der Waals surface area contributed by atoms with E-state index in [9.17, 15) is 13.6 Å². The van der Waals surface area contributed by atoms with Gasteiger partial charge >= 0.3 is 0 Å². The van der Waals surface area contributed by atoms with Gasteiger partial charge in [-0.25, -0.2) is 8.78 Å². The molecule has 0 N–H and O–H groups in total. The quantitative estimate of drug-likeness (QED) is 0.773. The Morgan fingerprint density at radius 2 is 2.22 bits per heavy atom. The van der Waals surface area contributed by atoms with Gasteiger partial charge in [0.05, 0.1) is 9.22 Å². The van der Waals surface area contributed by atoms with Gasteiger partial charge in [0.1, 0.15) is 11.6 Å². The first-order chi connectivity index (χ1) is 8.44. The van der Waals surface area contributed by atoms with Crippen LogP contribution in [-0.4, -0.2) is 16.3 Å². The van der Waals surface area contributed by atoms with Crippen LogP contribution in [0.3, 0.4) is 0 Å². The zero-order valence-electron chi connectivity index (χ0n) is 9.93. The number of carbonyl (C=O) groups is 1. The van der Waals surface area contributed by atoms with Crippen molar-refractivity contribution in [2.24, 2.45) is 0 Å². The van der Waals surface area contributed by atoms with Gasteiger partial charge in [0.2, 0.25) is 0 Å². The van der Waals surface area contributed by atoms with E-state index in [0.29, 0.717) is 0 Å². The van der Waals surface area contributed by atoms with Crippen LogP contribution in [-0.2, 0) is 11.2 Å².